The SMILES string of the molecule is CCNC(=O)COc1ccc(/C=C(\C#N)C(=O)c2c(Cl)cccc2Cl)cc1OC. The highest BCUT2D eigenvalue weighted by molar-refractivity contribution is 6.41. The van der Waals surface area contributed by atoms with E-state index in [1.165, 1.54) is 25.3 Å². The Morgan fingerprint density at radius 3 is 2.45 bits per heavy atom. The van der Waals surface area contributed by atoms with Crippen LogP contribution in [-0.4, -0.2) is 32.0 Å². The zero-order valence-electron chi connectivity index (χ0n) is 15.8. The fourth-order valence-electron chi connectivity index (χ4n) is 2.45. The molecular formula is C21H18Cl2N2O4. The lowest BCUT2D eigenvalue weighted by Crippen LogP contribution is -2.28. The standard InChI is InChI=1S/C21H18Cl2N2O4/c1-3-25-19(26)12-29-17-8-7-13(10-18(17)28-2)9-14(11-24)21(27)20-15(22)5-4-6-16(20)23/h4-10H,3,12H2,1-2H3,(H,25,26)/b14-9+. The number of halogens is 2. The summed E-state index contributed by atoms with van der Waals surface area (Å²) in [4.78, 5) is 24.3. The van der Waals surface area contributed by atoms with Crippen LogP contribution in [0.4, 0.5) is 0 Å². The van der Waals surface area contributed by atoms with Crippen LogP contribution >= 0.6 is 23.2 Å². The third kappa shape index (κ3) is 5.74. The Labute approximate surface area is 178 Å². The molecule has 29 heavy (non-hydrogen) atoms. The van der Waals surface area contributed by atoms with Crippen LogP contribution in [0.25, 0.3) is 6.08 Å². The monoisotopic (exact) mass is 432 g/mol. The Morgan fingerprint density at radius 2 is 1.86 bits per heavy atom. The number of Topliss-reactive ketones (excluding diaryl/α,β-unsaturated/α-hetero) is 1. The Bertz CT molecular complexity index is 976. The molecule has 0 fully saturated rings. The van der Waals surface area contributed by atoms with Crippen LogP contribution in [0.5, 0.6) is 11.5 Å². The summed E-state index contributed by atoms with van der Waals surface area (Å²) in [5.74, 6) is -0.135. The van der Waals surface area contributed by atoms with Crippen LogP contribution in [0, 0.1) is 11.3 Å². The van der Waals surface area contributed by atoms with Gasteiger partial charge in [-0.05, 0) is 42.8 Å². The largest absolute Gasteiger partial charge is 0.493 e. The summed E-state index contributed by atoms with van der Waals surface area (Å²) < 4.78 is 10.7. The number of carbonyl (C=O) groups is 2. The molecule has 2 aromatic carbocycles. The van der Waals surface area contributed by atoms with Gasteiger partial charge in [0.1, 0.15) is 11.6 Å². The van der Waals surface area contributed by atoms with Crippen LogP contribution in [0.2, 0.25) is 10.0 Å². The van der Waals surface area contributed by atoms with Crippen LogP contribution in [-0.2, 0) is 4.79 Å². The van der Waals surface area contributed by atoms with Crippen molar-refractivity contribution in [3.05, 3.63) is 63.1 Å². The summed E-state index contributed by atoms with van der Waals surface area (Å²) in [7, 11) is 1.45. The average molecular weight is 433 g/mol. The van der Waals surface area contributed by atoms with Gasteiger partial charge >= 0.3 is 0 Å². The number of carbonyl (C=O) groups excluding carboxylic acids is 2. The van der Waals surface area contributed by atoms with E-state index in [2.05, 4.69) is 5.32 Å². The molecule has 0 unspecified atom stereocenters. The number of methoxy groups -OCH3 is 1. The van der Waals surface area contributed by atoms with Gasteiger partial charge in [-0.2, -0.15) is 5.26 Å². The smallest absolute Gasteiger partial charge is 0.257 e. The maximum absolute atomic E-state index is 12.7. The Kier molecular flexibility index (Phi) is 8.08. The molecular weight excluding hydrogens is 415 g/mol. The fourth-order valence-corrected chi connectivity index (χ4v) is 3.02. The summed E-state index contributed by atoms with van der Waals surface area (Å²) >= 11 is 12.1. The van der Waals surface area contributed by atoms with Gasteiger partial charge in [0.15, 0.2) is 18.1 Å². The van der Waals surface area contributed by atoms with E-state index < -0.39 is 5.78 Å². The van der Waals surface area contributed by atoms with Crippen molar-refractivity contribution < 1.29 is 19.1 Å². The van der Waals surface area contributed by atoms with E-state index in [-0.39, 0.29) is 33.7 Å². The first-order valence-corrected chi connectivity index (χ1v) is 9.34. The molecule has 8 heteroatoms. The maximum atomic E-state index is 12.7. The molecule has 0 radical (unpaired) electrons. The minimum absolute atomic E-state index is 0.0671. The van der Waals surface area contributed by atoms with Crippen LogP contribution in [0.15, 0.2) is 42.0 Å². The van der Waals surface area contributed by atoms with Crippen LogP contribution < -0.4 is 14.8 Å². The zero-order valence-corrected chi connectivity index (χ0v) is 17.3. The summed E-state index contributed by atoms with van der Waals surface area (Å²) in [5, 5.41) is 12.4. The predicted octanol–water partition coefficient (Wildman–Crippen LogP) is 4.31. The van der Waals surface area contributed by atoms with E-state index in [1.54, 1.807) is 24.3 Å². The van der Waals surface area contributed by atoms with Crippen molar-refractivity contribution in [3.8, 4) is 17.6 Å². The second-order valence-corrected chi connectivity index (χ2v) is 6.56. The lowest BCUT2D eigenvalue weighted by Gasteiger charge is -2.11. The number of nitrogens with zero attached hydrogens (tertiary/aromatic N) is 1. The summed E-state index contributed by atoms with van der Waals surface area (Å²) in [6.45, 7) is 2.15. The van der Waals surface area contributed by atoms with Crippen molar-refractivity contribution in [1.29, 1.82) is 5.26 Å². The number of rotatable bonds is 8. The molecule has 0 saturated heterocycles. The van der Waals surface area contributed by atoms with Gasteiger partial charge in [-0.25, -0.2) is 0 Å². The number of hydrogen-bond donors (Lipinski definition) is 1. The Hall–Kier alpha value is -3.01. The second kappa shape index (κ2) is 10.5. The highest BCUT2D eigenvalue weighted by atomic mass is 35.5. The molecule has 1 amide bonds. The molecule has 0 spiro atoms. The third-order valence-corrected chi connectivity index (χ3v) is 4.42. The van der Waals surface area contributed by atoms with Crippen molar-refractivity contribution in [2.45, 2.75) is 6.92 Å². The van der Waals surface area contributed by atoms with Gasteiger partial charge in [-0.1, -0.05) is 35.3 Å². The number of ketones is 1. The predicted molar refractivity (Wildman–Crippen MR) is 112 cm³/mol. The van der Waals surface area contributed by atoms with Gasteiger partial charge in [0.2, 0.25) is 5.78 Å². The topological polar surface area (TPSA) is 88.4 Å². The van der Waals surface area contributed by atoms with Gasteiger partial charge < -0.3 is 14.8 Å². The summed E-state index contributed by atoms with van der Waals surface area (Å²) in [5.41, 5.74) is 0.454. The quantitative estimate of drug-likeness (QED) is 0.381. The minimum Gasteiger partial charge on any atom is -0.493 e. The van der Waals surface area contributed by atoms with Crippen molar-refractivity contribution in [2.24, 2.45) is 0 Å². The lowest BCUT2D eigenvalue weighted by atomic mass is 10.0. The zero-order chi connectivity index (χ0) is 21.4. The number of likely N-dealkylation sites (N-methyl/N-ethyl adjacent to an activating group) is 1. The first-order chi connectivity index (χ1) is 13.9. The maximum Gasteiger partial charge on any atom is 0.257 e. The van der Waals surface area contributed by atoms with E-state index in [9.17, 15) is 14.9 Å². The molecule has 0 heterocycles. The van der Waals surface area contributed by atoms with E-state index in [0.717, 1.165) is 0 Å². The van der Waals surface area contributed by atoms with Gasteiger partial charge in [0.25, 0.3) is 5.91 Å². The number of ether oxygens (including phenoxy) is 2. The fraction of sp³-hybridized carbons (Fsp3) is 0.190. The molecule has 150 valence electrons. The van der Waals surface area contributed by atoms with Gasteiger partial charge in [-0.3, -0.25) is 9.59 Å². The number of hydrogen-bond acceptors (Lipinski definition) is 5. The molecule has 0 aliphatic rings. The molecule has 6 nitrogen and oxygen atoms in total. The van der Waals surface area contributed by atoms with Crippen molar-refractivity contribution >= 4 is 41.0 Å². The van der Waals surface area contributed by atoms with Crippen LogP contribution in [0.3, 0.4) is 0 Å². The number of benzene rings is 2. The summed E-state index contributed by atoms with van der Waals surface area (Å²) in [6.07, 6.45) is 1.40. The number of amides is 1. The molecule has 2 aromatic rings. The molecule has 2 rings (SSSR count). The highest BCUT2D eigenvalue weighted by Gasteiger charge is 2.19. The van der Waals surface area contributed by atoms with E-state index in [1.807, 2.05) is 13.0 Å². The van der Waals surface area contributed by atoms with Crippen molar-refractivity contribution in [3.63, 3.8) is 0 Å². The number of nitriles is 1. The van der Waals surface area contributed by atoms with E-state index in [4.69, 9.17) is 32.7 Å². The minimum atomic E-state index is -0.585. The second-order valence-electron chi connectivity index (χ2n) is 5.75. The molecule has 0 atom stereocenters. The highest BCUT2D eigenvalue weighted by Crippen LogP contribution is 2.30. The lowest BCUT2D eigenvalue weighted by molar-refractivity contribution is -0.123. The average Bonchev–Trinajstić information content (AvgIpc) is 2.70. The summed E-state index contributed by atoms with van der Waals surface area (Å²) in [6, 6.07) is 11.4. The number of nitrogens with one attached hydrogen (secondary N) is 1. The molecule has 0 aliphatic carbocycles. The molecule has 0 aliphatic heterocycles. The van der Waals surface area contributed by atoms with Gasteiger partial charge in [-0.15, -0.1) is 0 Å². The van der Waals surface area contributed by atoms with Gasteiger partial charge in [0.05, 0.1) is 22.7 Å². The first kappa shape index (κ1) is 22.3. The van der Waals surface area contributed by atoms with E-state index >= 15 is 0 Å². The van der Waals surface area contributed by atoms with Crippen molar-refractivity contribution in [2.75, 3.05) is 20.3 Å². The first-order valence-electron chi connectivity index (χ1n) is 8.59. The number of allylic oxidation sites excluding steroid dienone is 1. The van der Waals surface area contributed by atoms with Gasteiger partial charge in [0, 0.05) is 6.54 Å². The molecule has 0 saturated carbocycles. The normalized spacial score (nSPS) is 10.8. The van der Waals surface area contributed by atoms with Crippen molar-refractivity contribution in [1.82, 2.24) is 5.32 Å². The van der Waals surface area contributed by atoms with E-state index in [0.29, 0.717) is 23.6 Å². The van der Waals surface area contributed by atoms with Crippen LogP contribution in [0.1, 0.15) is 22.8 Å². The Balaban J connectivity index is 2.31. The third-order valence-electron chi connectivity index (χ3n) is 3.79. The molecule has 0 bridgehead atoms. The molecule has 0 aromatic heterocycles. The Morgan fingerprint density at radius 1 is 1.17 bits per heavy atom. The molecule has 1 N–H and O–H groups in total.